The van der Waals surface area contributed by atoms with E-state index >= 15 is 0 Å². The Hall–Kier alpha value is -2.00. The summed E-state index contributed by atoms with van der Waals surface area (Å²) in [5, 5.41) is 0. The molecule has 3 saturated heterocycles. The molecule has 2 bridgehead atoms. The van der Waals surface area contributed by atoms with Gasteiger partial charge in [-0.2, -0.15) is 4.31 Å². The Kier molecular flexibility index (Phi) is 4.46. The SMILES string of the molecule is COc1ccc(F)cc1S(=O)(=O)N1[C@H]2CC[C@H]1CC(N1C(=O)CCC1=O)C2. The first-order valence-corrected chi connectivity index (χ1v) is 10.5. The van der Waals surface area contributed by atoms with Gasteiger partial charge in [0.05, 0.1) is 7.11 Å². The number of sulfonamides is 1. The number of imide groups is 1. The van der Waals surface area contributed by atoms with Crippen molar-refractivity contribution in [2.45, 2.75) is 61.5 Å². The Morgan fingerprint density at radius 2 is 1.63 bits per heavy atom. The summed E-state index contributed by atoms with van der Waals surface area (Å²) in [5.74, 6) is -0.896. The second-order valence-electron chi connectivity index (χ2n) is 7.30. The van der Waals surface area contributed by atoms with Crippen molar-refractivity contribution in [3.05, 3.63) is 24.0 Å². The molecule has 0 aliphatic carbocycles. The topological polar surface area (TPSA) is 84.0 Å². The summed E-state index contributed by atoms with van der Waals surface area (Å²) in [6.07, 6.45) is 2.62. The molecule has 9 heteroatoms. The van der Waals surface area contributed by atoms with Crippen molar-refractivity contribution in [3.8, 4) is 5.75 Å². The Morgan fingerprint density at radius 3 is 2.19 bits per heavy atom. The molecule has 1 aromatic rings. The van der Waals surface area contributed by atoms with Crippen molar-refractivity contribution in [1.82, 2.24) is 9.21 Å². The zero-order valence-corrected chi connectivity index (χ0v) is 15.7. The van der Waals surface area contributed by atoms with Crippen molar-refractivity contribution in [1.29, 1.82) is 0 Å². The largest absolute Gasteiger partial charge is 0.495 e. The molecule has 3 fully saturated rings. The fraction of sp³-hybridized carbons (Fsp3) is 0.556. The molecule has 0 aromatic heterocycles. The molecule has 146 valence electrons. The number of hydrogen-bond donors (Lipinski definition) is 0. The second-order valence-corrected chi connectivity index (χ2v) is 9.11. The highest BCUT2D eigenvalue weighted by atomic mass is 32.2. The minimum Gasteiger partial charge on any atom is -0.495 e. The van der Waals surface area contributed by atoms with Crippen molar-refractivity contribution in [3.63, 3.8) is 0 Å². The third-order valence-corrected chi connectivity index (χ3v) is 7.80. The van der Waals surface area contributed by atoms with Crippen LogP contribution in [0.1, 0.15) is 38.5 Å². The number of carbonyl (C=O) groups excluding carboxylic acids is 2. The van der Waals surface area contributed by atoms with Gasteiger partial charge in [-0.1, -0.05) is 0 Å². The zero-order valence-electron chi connectivity index (χ0n) is 14.9. The van der Waals surface area contributed by atoms with Crippen molar-refractivity contribution >= 4 is 21.8 Å². The van der Waals surface area contributed by atoms with E-state index < -0.39 is 15.8 Å². The fourth-order valence-corrected chi connectivity index (χ4v) is 6.74. The molecule has 3 aliphatic rings. The van der Waals surface area contributed by atoms with E-state index in [1.165, 1.54) is 22.4 Å². The van der Waals surface area contributed by atoms with Crippen molar-refractivity contribution < 1.29 is 27.1 Å². The normalized spacial score (nSPS) is 28.8. The van der Waals surface area contributed by atoms with E-state index in [1.54, 1.807) is 0 Å². The maximum atomic E-state index is 13.7. The van der Waals surface area contributed by atoms with Gasteiger partial charge in [-0.05, 0) is 43.9 Å². The van der Waals surface area contributed by atoms with E-state index in [1.807, 2.05) is 0 Å². The molecule has 2 atom stereocenters. The molecular formula is C18H21FN2O5S. The van der Waals surface area contributed by atoms with Crippen LogP contribution in [-0.4, -0.2) is 54.7 Å². The van der Waals surface area contributed by atoms with Crippen LogP contribution >= 0.6 is 0 Å². The predicted octanol–water partition coefficient (Wildman–Crippen LogP) is 1.67. The summed E-state index contributed by atoms with van der Waals surface area (Å²) in [5.41, 5.74) is 0. The lowest BCUT2D eigenvalue weighted by Gasteiger charge is -2.40. The van der Waals surface area contributed by atoms with E-state index in [0.29, 0.717) is 25.7 Å². The molecule has 0 unspecified atom stereocenters. The number of amides is 2. The van der Waals surface area contributed by atoms with Gasteiger partial charge in [0, 0.05) is 31.0 Å². The zero-order chi connectivity index (χ0) is 19.3. The lowest BCUT2D eigenvalue weighted by molar-refractivity contribution is -0.142. The lowest BCUT2D eigenvalue weighted by Crippen LogP contribution is -2.53. The Morgan fingerprint density at radius 1 is 1.04 bits per heavy atom. The molecule has 3 aliphatic heterocycles. The van der Waals surface area contributed by atoms with Crippen LogP contribution in [0.25, 0.3) is 0 Å². The monoisotopic (exact) mass is 396 g/mol. The number of methoxy groups -OCH3 is 1. The van der Waals surface area contributed by atoms with Crippen LogP contribution < -0.4 is 4.74 Å². The maximum Gasteiger partial charge on any atom is 0.247 e. The van der Waals surface area contributed by atoms with E-state index in [2.05, 4.69) is 0 Å². The van der Waals surface area contributed by atoms with Gasteiger partial charge in [-0.15, -0.1) is 0 Å². The number of hydrogen-bond acceptors (Lipinski definition) is 5. The summed E-state index contributed by atoms with van der Waals surface area (Å²) >= 11 is 0. The fourth-order valence-electron chi connectivity index (χ4n) is 4.68. The summed E-state index contributed by atoms with van der Waals surface area (Å²) < 4.78 is 46.8. The number of nitrogens with zero attached hydrogens (tertiary/aromatic N) is 2. The first kappa shape index (κ1) is 18.4. The second kappa shape index (κ2) is 6.56. The number of carbonyl (C=O) groups is 2. The summed E-state index contributed by atoms with van der Waals surface area (Å²) in [6.45, 7) is 0. The van der Waals surface area contributed by atoms with Gasteiger partial charge >= 0.3 is 0 Å². The van der Waals surface area contributed by atoms with Gasteiger partial charge in [0.25, 0.3) is 0 Å². The molecule has 1 aromatic carbocycles. The Labute approximate surface area is 157 Å². The van der Waals surface area contributed by atoms with Gasteiger partial charge < -0.3 is 4.74 Å². The third-order valence-electron chi connectivity index (χ3n) is 5.78. The van der Waals surface area contributed by atoms with Crippen LogP contribution in [0.4, 0.5) is 4.39 Å². The quantitative estimate of drug-likeness (QED) is 0.723. The van der Waals surface area contributed by atoms with Crippen LogP contribution in [0.3, 0.4) is 0 Å². The van der Waals surface area contributed by atoms with Gasteiger partial charge in [-0.25, -0.2) is 12.8 Å². The smallest absolute Gasteiger partial charge is 0.247 e. The summed E-state index contributed by atoms with van der Waals surface area (Å²) in [7, 11) is -2.61. The number of halogens is 1. The molecule has 27 heavy (non-hydrogen) atoms. The first-order chi connectivity index (χ1) is 12.8. The number of benzene rings is 1. The van der Waals surface area contributed by atoms with Crippen LogP contribution in [0, 0.1) is 5.82 Å². The van der Waals surface area contributed by atoms with Gasteiger partial charge in [0.1, 0.15) is 16.5 Å². The number of likely N-dealkylation sites (tertiary alicyclic amines) is 1. The molecule has 0 saturated carbocycles. The average molecular weight is 396 g/mol. The van der Waals surface area contributed by atoms with E-state index in [0.717, 1.165) is 12.1 Å². The van der Waals surface area contributed by atoms with Crippen molar-refractivity contribution in [2.75, 3.05) is 7.11 Å². The van der Waals surface area contributed by atoms with Gasteiger partial charge in [0.15, 0.2) is 0 Å². The molecule has 0 spiro atoms. The summed E-state index contributed by atoms with van der Waals surface area (Å²) in [4.78, 5) is 25.3. The molecule has 0 radical (unpaired) electrons. The number of fused-ring (bicyclic) bond motifs is 2. The Balaban J connectivity index is 1.64. The maximum absolute atomic E-state index is 13.7. The van der Waals surface area contributed by atoms with Crippen LogP contribution in [0.2, 0.25) is 0 Å². The lowest BCUT2D eigenvalue weighted by atomic mass is 9.98. The molecule has 4 rings (SSSR count). The molecule has 0 N–H and O–H groups in total. The highest BCUT2D eigenvalue weighted by molar-refractivity contribution is 7.89. The highest BCUT2D eigenvalue weighted by Crippen LogP contribution is 2.43. The Bertz CT molecular complexity index is 873. The van der Waals surface area contributed by atoms with Gasteiger partial charge in [-0.3, -0.25) is 14.5 Å². The number of piperidine rings is 1. The van der Waals surface area contributed by atoms with Crippen LogP contribution in [0.5, 0.6) is 5.75 Å². The van der Waals surface area contributed by atoms with Gasteiger partial charge in [0.2, 0.25) is 21.8 Å². The molecular weight excluding hydrogens is 375 g/mol. The van der Waals surface area contributed by atoms with E-state index in [9.17, 15) is 22.4 Å². The standard InChI is InChI=1S/C18H21FN2O5S/c1-26-15-5-2-11(19)8-16(15)27(24,25)21-12-3-4-13(21)10-14(9-12)20-17(22)6-7-18(20)23/h2,5,8,12-14H,3-4,6-7,9-10H2,1H3/t12-,13-/m0/s1. The highest BCUT2D eigenvalue weighted by Gasteiger charge is 2.51. The van der Waals surface area contributed by atoms with Crippen LogP contribution in [-0.2, 0) is 19.6 Å². The first-order valence-electron chi connectivity index (χ1n) is 9.05. The number of ether oxygens (including phenoxy) is 1. The van der Waals surface area contributed by atoms with E-state index in [4.69, 9.17) is 4.74 Å². The number of rotatable bonds is 4. The average Bonchev–Trinajstić information content (AvgIpc) is 3.11. The third kappa shape index (κ3) is 2.93. The minimum absolute atomic E-state index is 0.0998. The molecule has 7 nitrogen and oxygen atoms in total. The molecule has 2 amide bonds. The van der Waals surface area contributed by atoms with Crippen LogP contribution in [0.15, 0.2) is 23.1 Å². The molecule has 3 heterocycles. The van der Waals surface area contributed by atoms with Crippen molar-refractivity contribution in [2.24, 2.45) is 0 Å². The summed E-state index contributed by atoms with van der Waals surface area (Å²) in [6, 6.07) is 2.56. The predicted molar refractivity (Wildman–Crippen MR) is 92.9 cm³/mol. The minimum atomic E-state index is -3.96. The van der Waals surface area contributed by atoms with E-state index in [-0.39, 0.29) is 53.4 Å².